The molecule has 1 aliphatic heterocycles. The van der Waals surface area contributed by atoms with Gasteiger partial charge in [-0.25, -0.2) is 0 Å². The highest BCUT2D eigenvalue weighted by Crippen LogP contribution is 2.40. The second kappa shape index (κ2) is 3.39. The number of aromatic nitrogens is 2. The van der Waals surface area contributed by atoms with E-state index in [0.29, 0.717) is 6.04 Å². The van der Waals surface area contributed by atoms with Gasteiger partial charge in [-0.05, 0) is 43.7 Å². The van der Waals surface area contributed by atoms with E-state index in [1.807, 2.05) is 0 Å². The summed E-state index contributed by atoms with van der Waals surface area (Å²) in [6.45, 7) is 2.26. The van der Waals surface area contributed by atoms with Gasteiger partial charge in [-0.15, -0.1) is 0 Å². The van der Waals surface area contributed by atoms with Crippen molar-refractivity contribution in [2.24, 2.45) is 0 Å². The number of nitrogens with one attached hydrogen (secondary N) is 1. The van der Waals surface area contributed by atoms with Crippen molar-refractivity contribution in [1.82, 2.24) is 15.1 Å². The van der Waals surface area contributed by atoms with Gasteiger partial charge in [0.1, 0.15) is 0 Å². The Bertz CT molecular complexity index is 308. The number of hydrogen-bond donors (Lipinski definition) is 1. The molecule has 1 aromatic rings. The molecule has 0 spiro atoms. The molecular formula is C11H17N3. The van der Waals surface area contributed by atoms with Crippen LogP contribution in [-0.2, 0) is 0 Å². The Balaban J connectivity index is 1.74. The van der Waals surface area contributed by atoms with Crippen molar-refractivity contribution >= 4 is 0 Å². The van der Waals surface area contributed by atoms with Gasteiger partial charge in [0.2, 0.25) is 0 Å². The first-order chi connectivity index (χ1) is 6.93. The summed E-state index contributed by atoms with van der Waals surface area (Å²) in [5.74, 6) is 0.834. The molecular weight excluding hydrogens is 174 g/mol. The smallest absolute Gasteiger partial charge is 0.0644 e. The molecule has 0 bridgehead atoms. The first-order valence-electron chi connectivity index (χ1n) is 5.68. The maximum absolute atomic E-state index is 4.48. The molecule has 2 fully saturated rings. The zero-order chi connectivity index (χ0) is 9.38. The van der Waals surface area contributed by atoms with Crippen LogP contribution in [0.1, 0.15) is 43.2 Å². The SMILES string of the molecule is c1nn(C2CCCNC2)cc1C1CC1. The van der Waals surface area contributed by atoms with Crippen LogP contribution in [-0.4, -0.2) is 22.9 Å². The highest BCUT2D eigenvalue weighted by Gasteiger charge is 2.25. The van der Waals surface area contributed by atoms with Crippen molar-refractivity contribution in [3.05, 3.63) is 18.0 Å². The van der Waals surface area contributed by atoms with Gasteiger partial charge in [0, 0.05) is 12.7 Å². The van der Waals surface area contributed by atoms with Gasteiger partial charge in [0.15, 0.2) is 0 Å². The summed E-state index contributed by atoms with van der Waals surface area (Å²) in [4.78, 5) is 0. The fourth-order valence-corrected chi connectivity index (χ4v) is 2.24. The minimum absolute atomic E-state index is 0.594. The molecule has 0 amide bonds. The molecule has 1 unspecified atom stereocenters. The summed E-state index contributed by atoms with van der Waals surface area (Å²) in [6.07, 6.45) is 9.62. The van der Waals surface area contributed by atoms with Crippen LogP contribution in [0.2, 0.25) is 0 Å². The van der Waals surface area contributed by atoms with Gasteiger partial charge in [-0.3, -0.25) is 4.68 Å². The van der Waals surface area contributed by atoms with Gasteiger partial charge in [0.05, 0.1) is 12.2 Å². The molecule has 1 aromatic heterocycles. The van der Waals surface area contributed by atoms with E-state index in [1.165, 1.54) is 37.8 Å². The zero-order valence-corrected chi connectivity index (χ0v) is 8.45. The second-order valence-electron chi connectivity index (χ2n) is 4.53. The van der Waals surface area contributed by atoms with Gasteiger partial charge in [0.25, 0.3) is 0 Å². The van der Waals surface area contributed by atoms with Gasteiger partial charge < -0.3 is 5.32 Å². The minimum atomic E-state index is 0.594. The lowest BCUT2D eigenvalue weighted by atomic mass is 10.1. The molecule has 14 heavy (non-hydrogen) atoms. The first kappa shape index (κ1) is 8.48. The maximum atomic E-state index is 4.48. The lowest BCUT2D eigenvalue weighted by molar-refractivity contribution is 0.346. The number of nitrogens with zero attached hydrogens (tertiary/aromatic N) is 2. The highest BCUT2D eigenvalue weighted by molar-refractivity contribution is 5.17. The molecule has 1 saturated carbocycles. The van der Waals surface area contributed by atoms with E-state index in [0.717, 1.165) is 12.5 Å². The summed E-state index contributed by atoms with van der Waals surface area (Å²) < 4.78 is 2.17. The van der Waals surface area contributed by atoms with E-state index in [2.05, 4.69) is 27.5 Å². The monoisotopic (exact) mass is 191 g/mol. The molecule has 1 N–H and O–H groups in total. The number of hydrogen-bond acceptors (Lipinski definition) is 2. The van der Waals surface area contributed by atoms with Crippen LogP contribution in [0.25, 0.3) is 0 Å². The van der Waals surface area contributed by atoms with E-state index in [9.17, 15) is 0 Å². The Morgan fingerprint density at radius 3 is 3.00 bits per heavy atom. The Morgan fingerprint density at radius 2 is 2.29 bits per heavy atom. The van der Waals surface area contributed by atoms with Crippen molar-refractivity contribution in [3.8, 4) is 0 Å². The van der Waals surface area contributed by atoms with Crippen molar-refractivity contribution in [2.75, 3.05) is 13.1 Å². The molecule has 3 rings (SSSR count). The quantitative estimate of drug-likeness (QED) is 0.771. The average Bonchev–Trinajstić information content (AvgIpc) is 2.98. The summed E-state index contributed by atoms with van der Waals surface area (Å²) in [6, 6.07) is 0.594. The van der Waals surface area contributed by atoms with E-state index in [4.69, 9.17) is 0 Å². The van der Waals surface area contributed by atoms with E-state index in [-0.39, 0.29) is 0 Å². The van der Waals surface area contributed by atoms with Crippen LogP contribution >= 0.6 is 0 Å². The number of rotatable bonds is 2. The molecule has 1 atom stereocenters. The van der Waals surface area contributed by atoms with Crippen LogP contribution in [0.5, 0.6) is 0 Å². The molecule has 0 radical (unpaired) electrons. The molecule has 76 valence electrons. The molecule has 3 nitrogen and oxygen atoms in total. The molecule has 2 aliphatic rings. The summed E-state index contributed by atoms with van der Waals surface area (Å²) in [5, 5.41) is 7.90. The largest absolute Gasteiger partial charge is 0.315 e. The lowest BCUT2D eigenvalue weighted by Gasteiger charge is -2.22. The third-order valence-corrected chi connectivity index (χ3v) is 3.32. The molecule has 1 saturated heterocycles. The third-order valence-electron chi connectivity index (χ3n) is 3.32. The van der Waals surface area contributed by atoms with E-state index in [1.54, 1.807) is 0 Å². The Labute approximate surface area is 84.5 Å². The number of piperidine rings is 1. The lowest BCUT2D eigenvalue weighted by Crippen LogP contribution is -2.31. The third kappa shape index (κ3) is 1.57. The van der Waals surface area contributed by atoms with Crippen molar-refractivity contribution in [2.45, 2.75) is 37.6 Å². The van der Waals surface area contributed by atoms with Gasteiger partial charge in [-0.2, -0.15) is 5.10 Å². The Morgan fingerprint density at radius 1 is 1.36 bits per heavy atom. The van der Waals surface area contributed by atoms with Gasteiger partial charge in [-0.1, -0.05) is 0 Å². The maximum Gasteiger partial charge on any atom is 0.0644 e. The van der Waals surface area contributed by atoms with Crippen molar-refractivity contribution < 1.29 is 0 Å². The van der Waals surface area contributed by atoms with Gasteiger partial charge >= 0.3 is 0 Å². The first-order valence-corrected chi connectivity index (χ1v) is 5.68. The van der Waals surface area contributed by atoms with E-state index >= 15 is 0 Å². The topological polar surface area (TPSA) is 29.9 Å². The Hall–Kier alpha value is -0.830. The van der Waals surface area contributed by atoms with Crippen molar-refractivity contribution in [3.63, 3.8) is 0 Å². The second-order valence-corrected chi connectivity index (χ2v) is 4.53. The average molecular weight is 191 g/mol. The van der Waals surface area contributed by atoms with Crippen LogP contribution in [0, 0.1) is 0 Å². The predicted octanol–water partition coefficient (Wildman–Crippen LogP) is 1.69. The summed E-state index contributed by atoms with van der Waals surface area (Å²) >= 11 is 0. The van der Waals surface area contributed by atoms with Crippen molar-refractivity contribution in [1.29, 1.82) is 0 Å². The fraction of sp³-hybridized carbons (Fsp3) is 0.727. The molecule has 0 aromatic carbocycles. The van der Waals surface area contributed by atoms with Crippen LogP contribution in [0.4, 0.5) is 0 Å². The molecule has 1 aliphatic carbocycles. The summed E-state index contributed by atoms with van der Waals surface area (Å²) in [7, 11) is 0. The molecule has 3 heteroatoms. The minimum Gasteiger partial charge on any atom is -0.315 e. The summed E-state index contributed by atoms with van der Waals surface area (Å²) in [5.41, 5.74) is 1.45. The normalized spacial score (nSPS) is 27.9. The van der Waals surface area contributed by atoms with E-state index < -0.39 is 0 Å². The fourth-order valence-electron chi connectivity index (χ4n) is 2.24. The standard InChI is InChI=1S/C11H17N3/c1-2-11(7-12-5-1)14-8-10(6-13-14)9-3-4-9/h6,8-9,11-12H,1-5,7H2. The van der Waals surface area contributed by atoms with Crippen LogP contribution < -0.4 is 5.32 Å². The zero-order valence-electron chi connectivity index (χ0n) is 8.45. The van der Waals surface area contributed by atoms with Crippen LogP contribution in [0.3, 0.4) is 0 Å². The van der Waals surface area contributed by atoms with Crippen LogP contribution in [0.15, 0.2) is 12.4 Å². The highest BCUT2D eigenvalue weighted by atomic mass is 15.3. The molecule has 2 heterocycles. The predicted molar refractivity (Wildman–Crippen MR) is 55.3 cm³/mol. The Kier molecular flexibility index (Phi) is 2.05.